The van der Waals surface area contributed by atoms with E-state index in [-0.39, 0.29) is 4.47 Å². The van der Waals surface area contributed by atoms with E-state index in [1.807, 2.05) is 0 Å². The first-order valence-corrected chi connectivity index (χ1v) is 8.10. The topological polar surface area (TPSA) is 42.0 Å². The van der Waals surface area contributed by atoms with Crippen molar-refractivity contribution in [3.8, 4) is 0 Å². The number of halogens is 3. The molecule has 2 aromatic rings. The van der Waals surface area contributed by atoms with Gasteiger partial charge in [-0.1, -0.05) is 15.9 Å². The molecular formula is C14H11BrF2N2OS. The number of hydrogen-bond acceptors (Lipinski definition) is 3. The molecule has 1 aromatic carbocycles. The molecular weight excluding hydrogens is 362 g/mol. The van der Waals surface area contributed by atoms with Crippen molar-refractivity contribution in [3.63, 3.8) is 0 Å². The van der Waals surface area contributed by atoms with Gasteiger partial charge in [-0.25, -0.2) is 13.8 Å². The van der Waals surface area contributed by atoms with E-state index in [9.17, 15) is 13.6 Å². The lowest BCUT2D eigenvalue weighted by Gasteiger charge is -2.06. The maximum absolute atomic E-state index is 13.7. The summed E-state index contributed by atoms with van der Waals surface area (Å²) in [7, 11) is 0. The monoisotopic (exact) mass is 372 g/mol. The molecule has 0 fully saturated rings. The summed E-state index contributed by atoms with van der Waals surface area (Å²) in [6.45, 7) is 0. The van der Waals surface area contributed by atoms with E-state index in [1.54, 1.807) is 0 Å². The Hall–Kier alpha value is -1.34. The minimum atomic E-state index is -0.902. The van der Waals surface area contributed by atoms with Crippen LogP contribution >= 0.6 is 27.3 Å². The number of nitrogens with one attached hydrogen (secondary N) is 1. The Labute approximate surface area is 132 Å². The number of aromatic nitrogens is 1. The highest BCUT2D eigenvalue weighted by Crippen LogP contribution is 2.30. The Morgan fingerprint density at radius 2 is 1.90 bits per heavy atom. The molecule has 0 saturated carbocycles. The lowest BCUT2D eigenvalue weighted by atomic mass is 10.0. The van der Waals surface area contributed by atoms with E-state index >= 15 is 0 Å². The molecule has 1 aliphatic carbocycles. The number of carbonyl (C=O) groups excluding carboxylic acids is 1. The summed E-state index contributed by atoms with van der Waals surface area (Å²) in [6, 6.07) is 2.12. The minimum Gasteiger partial charge on any atom is -0.298 e. The largest absolute Gasteiger partial charge is 0.298 e. The van der Waals surface area contributed by atoms with Crippen molar-refractivity contribution < 1.29 is 13.6 Å². The van der Waals surface area contributed by atoms with Crippen LogP contribution in [0.25, 0.3) is 0 Å². The quantitative estimate of drug-likeness (QED) is 0.852. The molecule has 21 heavy (non-hydrogen) atoms. The van der Waals surface area contributed by atoms with Crippen LogP contribution in [-0.4, -0.2) is 10.9 Å². The highest BCUT2D eigenvalue weighted by molar-refractivity contribution is 9.10. The fourth-order valence-corrected chi connectivity index (χ4v) is 3.77. The molecule has 3 rings (SSSR count). The summed E-state index contributed by atoms with van der Waals surface area (Å²) in [4.78, 5) is 17.5. The molecule has 110 valence electrons. The molecule has 0 radical (unpaired) electrons. The predicted octanol–water partition coefficient (Wildman–Crippen LogP) is 4.31. The molecule has 0 bridgehead atoms. The number of fused-ring (bicyclic) bond motifs is 1. The van der Waals surface area contributed by atoms with Crippen LogP contribution in [0.1, 0.15) is 33.8 Å². The fourth-order valence-electron chi connectivity index (χ4n) is 2.32. The van der Waals surface area contributed by atoms with Gasteiger partial charge >= 0.3 is 0 Å². The first kappa shape index (κ1) is 14.6. The maximum Gasteiger partial charge on any atom is 0.263 e. The third-order valence-electron chi connectivity index (χ3n) is 3.30. The normalized spacial score (nSPS) is 13.9. The van der Waals surface area contributed by atoms with Crippen LogP contribution in [0.15, 0.2) is 16.6 Å². The Bertz CT molecular complexity index is 670. The molecule has 0 unspecified atom stereocenters. The molecule has 1 heterocycles. The van der Waals surface area contributed by atoms with E-state index in [1.165, 1.54) is 11.3 Å². The Kier molecular flexibility index (Phi) is 4.03. The average Bonchev–Trinajstić information content (AvgIpc) is 2.79. The number of nitrogens with zero attached hydrogens (tertiary/aromatic N) is 1. The van der Waals surface area contributed by atoms with Crippen LogP contribution < -0.4 is 5.32 Å². The highest BCUT2D eigenvalue weighted by atomic mass is 79.9. The highest BCUT2D eigenvalue weighted by Gasteiger charge is 2.21. The van der Waals surface area contributed by atoms with Gasteiger partial charge in [0.25, 0.3) is 5.91 Å². The molecule has 1 N–H and O–H groups in total. The molecule has 0 spiro atoms. The second kappa shape index (κ2) is 5.81. The van der Waals surface area contributed by atoms with Crippen molar-refractivity contribution in [1.29, 1.82) is 0 Å². The van der Waals surface area contributed by atoms with Gasteiger partial charge in [0.05, 0.1) is 5.69 Å². The molecule has 1 aromatic heterocycles. The first-order valence-electron chi connectivity index (χ1n) is 6.49. The maximum atomic E-state index is 13.7. The van der Waals surface area contributed by atoms with Crippen LogP contribution in [0.4, 0.5) is 13.9 Å². The van der Waals surface area contributed by atoms with Gasteiger partial charge in [-0.3, -0.25) is 10.1 Å². The van der Waals surface area contributed by atoms with Crippen molar-refractivity contribution >= 4 is 38.3 Å². The van der Waals surface area contributed by atoms with Gasteiger partial charge in [0.1, 0.15) is 17.2 Å². The number of aryl methyl sites for hydroxylation is 2. The van der Waals surface area contributed by atoms with Gasteiger partial charge < -0.3 is 0 Å². The molecule has 1 amide bonds. The summed E-state index contributed by atoms with van der Waals surface area (Å²) < 4.78 is 27.7. The van der Waals surface area contributed by atoms with Crippen molar-refractivity contribution in [2.75, 3.05) is 5.32 Å². The van der Waals surface area contributed by atoms with Crippen molar-refractivity contribution in [3.05, 3.63) is 44.4 Å². The zero-order chi connectivity index (χ0) is 15.0. The summed E-state index contributed by atoms with van der Waals surface area (Å²) in [5, 5.41) is 2.89. The zero-order valence-electron chi connectivity index (χ0n) is 10.9. The molecule has 0 atom stereocenters. The van der Waals surface area contributed by atoms with Crippen molar-refractivity contribution in [1.82, 2.24) is 4.98 Å². The molecule has 0 saturated heterocycles. The average molecular weight is 373 g/mol. The van der Waals surface area contributed by atoms with Crippen LogP contribution in [0.2, 0.25) is 0 Å². The van der Waals surface area contributed by atoms with E-state index in [2.05, 4.69) is 26.2 Å². The summed E-state index contributed by atoms with van der Waals surface area (Å²) in [5.74, 6) is -2.62. The second-order valence-corrected chi connectivity index (χ2v) is 6.79. The number of rotatable bonds is 2. The summed E-state index contributed by atoms with van der Waals surface area (Å²) >= 11 is 4.36. The minimum absolute atomic E-state index is 0.249. The second-order valence-electron chi connectivity index (χ2n) is 4.79. The number of carbonyl (C=O) groups is 1. The smallest absolute Gasteiger partial charge is 0.263 e. The number of amides is 1. The molecule has 0 aliphatic heterocycles. The molecule has 1 aliphatic rings. The summed E-state index contributed by atoms with van der Waals surface area (Å²) in [6.07, 6.45) is 4.03. The van der Waals surface area contributed by atoms with Gasteiger partial charge in [-0.2, -0.15) is 0 Å². The molecule has 7 heteroatoms. The number of benzene rings is 1. The van der Waals surface area contributed by atoms with Crippen LogP contribution in [-0.2, 0) is 12.8 Å². The fraction of sp³-hybridized carbons (Fsp3) is 0.286. The van der Waals surface area contributed by atoms with Crippen LogP contribution in [0.3, 0.4) is 0 Å². The van der Waals surface area contributed by atoms with Gasteiger partial charge in [-0.05, 0) is 37.8 Å². The van der Waals surface area contributed by atoms with Crippen molar-refractivity contribution in [2.45, 2.75) is 25.7 Å². The lowest BCUT2D eigenvalue weighted by Crippen LogP contribution is -2.16. The van der Waals surface area contributed by atoms with E-state index in [4.69, 9.17) is 0 Å². The van der Waals surface area contributed by atoms with E-state index < -0.39 is 23.1 Å². The van der Waals surface area contributed by atoms with Crippen molar-refractivity contribution in [2.24, 2.45) is 0 Å². The Morgan fingerprint density at radius 1 is 1.24 bits per heavy atom. The number of thiazole rings is 1. The lowest BCUT2D eigenvalue weighted by molar-refractivity contribution is 0.101. The SMILES string of the molecule is O=C(Nc1nc2c(s1)CCCC2)c1c(F)cc(Br)cc1F. The van der Waals surface area contributed by atoms with Gasteiger partial charge in [-0.15, -0.1) is 11.3 Å². The Balaban J connectivity index is 1.85. The Morgan fingerprint density at radius 3 is 2.57 bits per heavy atom. The van der Waals surface area contributed by atoms with E-state index in [0.717, 1.165) is 48.4 Å². The van der Waals surface area contributed by atoms with Crippen LogP contribution in [0.5, 0.6) is 0 Å². The predicted molar refractivity (Wildman–Crippen MR) is 80.8 cm³/mol. The third-order valence-corrected chi connectivity index (χ3v) is 4.83. The van der Waals surface area contributed by atoms with Gasteiger partial charge in [0.2, 0.25) is 0 Å². The van der Waals surface area contributed by atoms with Gasteiger partial charge in [0.15, 0.2) is 5.13 Å². The number of hydrogen-bond donors (Lipinski definition) is 1. The van der Waals surface area contributed by atoms with E-state index in [0.29, 0.717) is 5.13 Å². The standard InChI is InChI=1S/C14H11BrF2N2OS/c15-7-5-8(16)12(9(17)6-7)13(20)19-14-18-10-3-1-2-4-11(10)21-14/h5-6H,1-4H2,(H,18,19,20). The third kappa shape index (κ3) is 2.98. The first-order chi connectivity index (χ1) is 10.0. The van der Waals surface area contributed by atoms with Gasteiger partial charge in [0, 0.05) is 9.35 Å². The number of anilines is 1. The van der Waals surface area contributed by atoms with Crippen LogP contribution in [0, 0.1) is 11.6 Å². The molecule has 3 nitrogen and oxygen atoms in total. The zero-order valence-corrected chi connectivity index (χ0v) is 13.3. The summed E-state index contributed by atoms with van der Waals surface area (Å²) in [5.41, 5.74) is 0.393.